The van der Waals surface area contributed by atoms with Gasteiger partial charge in [-0.15, -0.1) is 0 Å². The lowest BCUT2D eigenvalue weighted by molar-refractivity contribution is -0.121. The van der Waals surface area contributed by atoms with Crippen molar-refractivity contribution in [2.24, 2.45) is 5.92 Å². The van der Waals surface area contributed by atoms with Crippen molar-refractivity contribution in [3.8, 4) is 17.6 Å². The van der Waals surface area contributed by atoms with E-state index in [2.05, 4.69) is 22.1 Å². The summed E-state index contributed by atoms with van der Waals surface area (Å²) in [6.07, 6.45) is 8.62. The molecule has 0 radical (unpaired) electrons. The molecule has 0 atom stereocenters. The molecule has 2 aromatic rings. The van der Waals surface area contributed by atoms with E-state index in [9.17, 15) is 4.79 Å². The van der Waals surface area contributed by atoms with Crippen LogP contribution in [0.3, 0.4) is 0 Å². The second-order valence-corrected chi connectivity index (χ2v) is 6.47. The van der Waals surface area contributed by atoms with E-state index in [-0.39, 0.29) is 5.91 Å². The Balaban J connectivity index is 1.34. The van der Waals surface area contributed by atoms with E-state index in [4.69, 9.17) is 4.74 Å². The Labute approximate surface area is 149 Å². The molecule has 1 amide bonds. The van der Waals surface area contributed by atoms with Crippen LogP contribution in [0.5, 0.6) is 5.75 Å². The molecule has 1 fully saturated rings. The average molecular weight is 336 g/mol. The molecule has 1 aromatic carbocycles. The smallest absolute Gasteiger partial charge is 0.220 e. The molecule has 0 spiro atoms. The summed E-state index contributed by atoms with van der Waals surface area (Å²) in [4.78, 5) is 16.1. The highest BCUT2D eigenvalue weighted by atomic mass is 16.5. The number of fused-ring (bicyclic) bond motifs is 1. The van der Waals surface area contributed by atoms with Crippen LogP contribution in [0, 0.1) is 17.8 Å². The van der Waals surface area contributed by atoms with Gasteiger partial charge in [-0.3, -0.25) is 9.78 Å². The zero-order valence-electron chi connectivity index (χ0n) is 14.5. The highest BCUT2D eigenvalue weighted by Gasteiger charge is 2.15. The second kappa shape index (κ2) is 9.08. The number of rotatable bonds is 6. The van der Waals surface area contributed by atoms with Crippen molar-refractivity contribution in [2.75, 3.05) is 13.2 Å². The maximum absolute atomic E-state index is 11.8. The number of carbonyl (C=O) groups excluding carboxylic acids is 1. The molecule has 25 heavy (non-hydrogen) atoms. The first kappa shape index (κ1) is 17.3. The van der Waals surface area contributed by atoms with Gasteiger partial charge in [0.25, 0.3) is 0 Å². The second-order valence-electron chi connectivity index (χ2n) is 6.47. The van der Waals surface area contributed by atoms with E-state index in [0.29, 0.717) is 19.6 Å². The Morgan fingerprint density at radius 2 is 2.12 bits per heavy atom. The van der Waals surface area contributed by atoms with Gasteiger partial charge in [-0.25, -0.2) is 0 Å². The molecule has 1 aliphatic carbocycles. The predicted octanol–water partition coefficient (Wildman–Crippen LogP) is 3.70. The van der Waals surface area contributed by atoms with Crippen molar-refractivity contribution in [1.29, 1.82) is 0 Å². The molecule has 4 nitrogen and oxygen atoms in total. The average Bonchev–Trinajstić information content (AvgIpc) is 3.16. The molecular weight excluding hydrogens is 312 g/mol. The Bertz CT molecular complexity index is 770. The Morgan fingerprint density at radius 3 is 3.00 bits per heavy atom. The predicted molar refractivity (Wildman–Crippen MR) is 99.2 cm³/mol. The van der Waals surface area contributed by atoms with Crippen LogP contribution in [-0.4, -0.2) is 24.0 Å². The molecule has 1 aromatic heterocycles. The first-order chi connectivity index (χ1) is 12.3. The number of pyridine rings is 1. The SMILES string of the molecule is O=C(CCC1CCCC1)NCC#CCOc1ccc2cccnc2c1. The lowest BCUT2D eigenvalue weighted by Gasteiger charge is -2.07. The van der Waals surface area contributed by atoms with Crippen LogP contribution >= 0.6 is 0 Å². The Hall–Kier alpha value is -2.54. The van der Waals surface area contributed by atoms with E-state index in [1.807, 2.05) is 30.3 Å². The van der Waals surface area contributed by atoms with E-state index < -0.39 is 0 Å². The molecule has 0 aliphatic heterocycles. The monoisotopic (exact) mass is 336 g/mol. The Kier molecular flexibility index (Phi) is 6.28. The number of aromatic nitrogens is 1. The quantitative estimate of drug-likeness (QED) is 0.818. The number of carbonyl (C=O) groups is 1. The third-order valence-electron chi connectivity index (χ3n) is 4.64. The van der Waals surface area contributed by atoms with Gasteiger partial charge in [0.2, 0.25) is 5.91 Å². The van der Waals surface area contributed by atoms with Gasteiger partial charge < -0.3 is 10.1 Å². The fourth-order valence-corrected chi connectivity index (χ4v) is 3.23. The lowest BCUT2D eigenvalue weighted by Crippen LogP contribution is -2.23. The molecular formula is C21H24N2O2. The number of nitrogens with one attached hydrogen (secondary N) is 1. The van der Waals surface area contributed by atoms with Crippen LogP contribution in [0.4, 0.5) is 0 Å². The van der Waals surface area contributed by atoms with E-state index >= 15 is 0 Å². The van der Waals surface area contributed by atoms with Crippen LogP contribution in [0.15, 0.2) is 36.5 Å². The largest absolute Gasteiger partial charge is 0.481 e. The highest BCUT2D eigenvalue weighted by Crippen LogP contribution is 2.28. The van der Waals surface area contributed by atoms with Crippen LogP contribution in [0.2, 0.25) is 0 Å². The minimum Gasteiger partial charge on any atom is -0.481 e. The molecule has 1 N–H and O–H groups in total. The molecule has 0 unspecified atom stereocenters. The Morgan fingerprint density at radius 1 is 1.24 bits per heavy atom. The summed E-state index contributed by atoms with van der Waals surface area (Å²) < 4.78 is 5.61. The molecule has 3 rings (SSSR count). The molecule has 1 aliphatic rings. The lowest BCUT2D eigenvalue weighted by atomic mass is 10.0. The van der Waals surface area contributed by atoms with Crippen LogP contribution in [0.25, 0.3) is 10.9 Å². The summed E-state index contributed by atoms with van der Waals surface area (Å²) >= 11 is 0. The number of benzene rings is 1. The van der Waals surface area contributed by atoms with Crippen molar-refractivity contribution in [3.05, 3.63) is 36.5 Å². The molecule has 1 saturated carbocycles. The van der Waals surface area contributed by atoms with Gasteiger partial charge in [0.15, 0.2) is 0 Å². The van der Waals surface area contributed by atoms with Crippen LogP contribution in [0.1, 0.15) is 38.5 Å². The van der Waals surface area contributed by atoms with Gasteiger partial charge in [-0.1, -0.05) is 43.6 Å². The molecule has 130 valence electrons. The van der Waals surface area contributed by atoms with Crippen molar-refractivity contribution >= 4 is 16.8 Å². The number of ether oxygens (including phenoxy) is 1. The van der Waals surface area contributed by atoms with E-state index in [1.165, 1.54) is 25.7 Å². The van der Waals surface area contributed by atoms with Crippen molar-refractivity contribution < 1.29 is 9.53 Å². The molecule has 4 heteroatoms. The van der Waals surface area contributed by atoms with Crippen LogP contribution in [-0.2, 0) is 4.79 Å². The standard InChI is InChI=1S/C21H24N2O2/c24-21(12-9-17-6-1-2-7-17)23-13-3-4-15-25-19-11-10-18-8-5-14-22-20(18)16-19/h5,8,10-11,14,16-17H,1-2,6-7,9,12-13,15H2,(H,23,24). The summed E-state index contributed by atoms with van der Waals surface area (Å²) in [6, 6.07) is 9.73. The maximum Gasteiger partial charge on any atom is 0.220 e. The van der Waals surface area contributed by atoms with Gasteiger partial charge in [0, 0.05) is 24.1 Å². The molecule has 1 heterocycles. The number of nitrogens with zero attached hydrogens (tertiary/aromatic N) is 1. The summed E-state index contributed by atoms with van der Waals surface area (Å²) in [5, 5.41) is 3.94. The molecule has 0 saturated heterocycles. The van der Waals surface area contributed by atoms with Gasteiger partial charge in [0.05, 0.1) is 12.1 Å². The minimum atomic E-state index is 0.0997. The topological polar surface area (TPSA) is 51.2 Å². The van der Waals surface area contributed by atoms with Gasteiger partial charge >= 0.3 is 0 Å². The summed E-state index contributed by atoms with van der Waals surface area (Å²) in [6.45, 7) is 0.683. The highest BCUT2D eigenvalue weighted by molar-refractivity contribution is 5.79. The number of hydrogen-bond donors (Lipinski definition) is 1. The third-order valence-corrected chi connectivity index (χ3v) is 4.64. The van der Waals surface area contributed by atoms with Crippen LogP contribution < -0.4 is 10.1 Å². The third kappa shape index (κ3) is 5.49. The van der Waals surface area contributed by atoms with E-state index in [1.54, 1.807) is 6.20 Å². The normalized spacial score (nSPS) is 14.1. The number of hydrogen-bond acceptors (Lipinski definition) is 3. The summed E-state index contributed by atoms with van der Waals surface area (Å²) in [7, 11) is 0. The molecule has 0 bridgehead atoms. The first-order valence-corrected chi connectivity index (χ1v) is 9.01. The van der Waals surface area contributed by atoms with Gasteiger partial charge in [-0.05, 0) is 30.5 Å². The zero-order chi connectivity index (χ0) is 17.3. The summed E-state index contributed by atoms with van der Waals surface area (Å²) in [5.74, 6) is 7.46. The number of amides is 1. The van der Waals surface area contributed by atoms with Crippen molar-refractivity contribution in [2.45, 2.75) is 38.5 Å². The minimum absolute atomic E-state index is 0.0997. The van der Waals surface area contributed by atoms with Crippen molar-refractivity contribution in [3.63, 3.8) is 0 Å². The fourth-order valence-electron chi connectivity index (χ4n) is 3.23. The summed E-state index contributed by atoms with van der Waals surface area (Å²) in [5.41, 5.74) is 0.905. The first-order valence-electron chi connectivity index (χ1n) is 9.01. The fraction of sp³-hybridized carbons (Fsp3) is 0.429. The van der Waals surface area contributed by atoms with Crippen molar-refractivity contribution in [1.82, 2.24) is 10.3 Å². The maximum atomic E-state index is 11.8. The van der Waals surface area contributed by atoms with Gasteiger partial charge in [-0.2, -0.15) is 0 Å². The zero-order valence-corrected chi connectivity index (χ0v) is 14.5. The van der Waals surface area contributed by atoms with E-state index in [0.717, 1.165) is 29.0 Å². The van der Waals surface area contributed by atoms with Gasteiger partial charge in [0.1, 0.15) is 12.4 Å².